The summed E-state index contributed by atoms with van der Waals surface area (Å²) >= 11 is 12.2. The fraction of sp³-hybridized carbons (Fsp3) is 0.481. The minimum absolute atomic E-state index is 0.0434. The maximum Gasteiger partial charge on any atom is 0.242 e. The molecule has 0 aliphatic carbocycles. The molecule has 0 aromatic heterocycles. The summed E-state index contributed by atoms with van der Waals surface area (Å²) in [6.45, 7) is 6.76. The second kappa shape index (κ2) is 15.2. The molecule has 2 amide bonds. The van der Waals surface area contributed by atoms with Crippen LogP contribution in [-0.2, 0) is 26.2 Å². The number of benzene rings is 2. The second-order valence-corrected chi connectivity index (χ2v) is 11.5. The zero-order chi connectivity index (χ0) is 28.3. The van der Waals surface area contributed by atoms with Gasteiger partial charge in [-0.05, 0) is 56.0 Å². The lowest BCUT2D eigenvalue weighted by molar-refractivity contribution is -0.141. The number of para-hydroxylation sites is 2. The van der Waals surface area contributed by atoms with Gasteiger partial charge in [0.05, 0.1) is 28.6 Å². The molecule has 11 heteroatoms. The fourth-order valence-electron chi connectivity index (χ4n) is 4.04. The van der Waals surface area contributed by atoms with Crippen molar-refractivity contribution in [3.8, 4) is 5.75 Å². The van der Waals surface area contributed by atoms with E-state index in [1.807, 2.05) is 20.8 Å². The minimum Gasteiger partial charge on any atom is -0.492 e. The lowest BCUT2D eigenvalue weighted by Gasteiger charge is -2.31. The molecule has 210 valence electrons. The molecular weight excluding hydrogens is 549 g/mol. The van der Waals surface area contributed by atoms with Crippen molar-refractivity contribution in [2.24, 2.45) is 0 Å². The maximum atomic E-state index is 13.5. The normalized spacial score (nSPS) is 12.1. The smallest absolute Gasteiger partial charge is 0.242 e. The monoisotopic (exact) mass is 585 g/mol. The summed E-state index contributed by atoms with van der Waals surface area (Å²) in [6, 6.07) is 11.3. The first-order chi connectivity index (χ1) is 18.0. The maximum absolute atomic E-state index is 13.5. The number of sulfonamides is 1. The lowest BCUT2D eigenvalue weighted by atomic mass is 10.1. The molecule has 0 aliphatic rings. The van der Waals surface area contributed by atoms with Crippen molar-refractivity contribution in [3.05, 3.63) is 58.1 Å². The average molecular weight is 587 g/mol. The molecule has 0 fully saturated rings. The summed E-state index contributed by atoms with van der Waals surface area (Å²) in [7, 11) is -3.64. The number of nitrogens with one attached hydrogen (secondary N) is 1. The highest BCUT2D eigenvalue weighted by molar-refractivity contribution is 7.92. The molecule has 0 unspecified atom stereocenters. The third-order valence-electron chi connectivity index (χ3n) is 5.86. The summed E-state index contributed by atoms with van der Waals surface area (Å²) in [5, 5.41) is 3.63. The summed E-state index contributed by atoms with van der Waals surface area (Å²) in [4.78, 5) is 28.0. The highest BCUT2D eigenvalue weighted by Gasteiger charge is 2.29. The Morgan fingerprint density at radius 3 is 2.37 bits per heavy atom. The molecule has 0 saturated heterocycles. The fourth-order valence-corrected chi connectivity index (χ4v) is 5.33. The molecule has 0 saturated carbocycles. The van der Waals surface area contributed by atoms with E-state index in [0.717, 1.165) is 18.2 Å². The highest BCUT2D eigenvalue weighted by Crippen LogP contribution is 2.30. The summed E-state index contributed by atoms with van der Waals surface area (Å²) in [5.41, 5.74) is 1.15. The number of halogens is 2. The molecule has 0 heterocycles. The first-order valence-electron chi connectivity index (χ1n) is 12.7. The molecule has 2 aromatic carbocycles. The van der Waals surface area contributed by atoms with Gasteiger partial charge in [-0.25, -0.2) is 8.42 Å². The Bertz CT molecular complexity index is 1190. The topological polar surface area (TPSA) is 96.0 Å². The average Bonchev–Trinajstić information content (AvgIpc) is 2.87. The van der Waals surface area contributed by atoms with Crippen molar-refractivity contribution in [2.45, 2.75) is 59.0 Å². The van der Waals surface area contributed by atoms with Gasteiger partial charge in [-0.2, -0.15) is 0 Å². The SMILES string of the molecule is CCCNC(=O)[C@@H](CC)N(Cc1ccc(Cl)c(Cl)c1)C(=O)CCCN(c1ccccc1OCC)S(C)(=O)=O. The standard InChI is InChI=1S/C27H37Cl2N3O5S/c1-5-16-30-27(34)23(6-2)31(19-20-14-15-21(28)22(29)18-20)26(33)13-10-17-32(38(4,35)36)24-11-8-9-12-25(24)37-7-3/h8-9,11-12,14-15,18,23H,5-7,10,13,16-17,19H2,1-4H3,(H,30,34)/t23-/m1/s1. The molecule has 0 aliphatic heterocycles. The van der Waals surface area contributed by atoms with E-state index in [4.69, 9.17) is 27.9 Å². The van der Waals surface area contributed by atoms with Crippen LogP contribution in [0.15, 0.2) is 42.5 Å². The van der Waals surface area contributed by atoms with Crippen LogP contribution in [-0.4, -0.2) is 57.1 Å². The van der Waals surface area contributed by atoms with Crippen LogP contribution in [0.1, 0.15) is 52.0 Å². The molecule has 0 bridgehead atoms. The van der Waals surface area contributed by atoms with E-state index in [1.165, 1.54) is 9.21 Å². The predicted octanol–water partition coefficient (Wildman–Crippen LogP) is 5.27. The Morgan fingerprint density at radius 1 is 1.05 bits per heavy atom. The first kappa shape index (κ1) is 31.7. The van der Waals surface area contributed by atoms with E-state index in [0.29, 0.717) is 41.1 Å². The number of amides is 2. The van der Waals surface area contributed by atoms with Gasteiger partial charge in [0, 0.05) is 26.1 Å². The molecule has 8 nitrogen and oxygen atoms in total. The summed E-state index contributed by atoms with van der Waals surface area (Å²) in [5.74, 6) is -0.0427. The van der Waals surface area contributed by atoms with Gasteiger partial charge in [-0.3, -0.25) is 13.9 Å². The van der Waals surface area contributed by atoms with Crippen molar-refractivity contribution in [1.82, 2.24) is 10.2 Å². The molecule has 2 rings (SSSR count). The number of ether oxygens (including phenoxy) is 1. The van der Waals surface area contributed by atoms with Crippen molar-refractivity contribution in [2.75, 3.05) is 30.3 Å². The van der Waals surface area contributed by atoms with E-state index < -0.39 is 16.1 Å². The number of hydrogen-bond acceptors (Lipinski definition) is 5. The largest absolute Gasteiger partial charge is 0.492 e. The van der Waals surface area contributed by atoms with E-state index in [-0.39, 0.29) is 37.7 Å². The molecular formula is C27H37Cl2N3O5S. The molecule has 38 heavy (non-hydrogen) atoms. The van der Waals surface area contributed by atoms with Gasteiger partial charge >= 0.3 is 0 Å². The quantitative estimate of drug-likeness (QED) is 0.307. The van der Waals surface area contributed by atoms with Gasteiger partial charge in [-0.1, -0.05) is 55.2 Å². The zero-order valence-electron chi connectivity index (χ0n) is 22.4. The number of carbonyl (C=O) groups excluding carboxylic acids is 2. The van der Waals surface area contributed by atoms with Gasteiger partial charge < -0.3 is 15.0 Å². The van der Waals surface area contributed by atoms with E-state index in [1.54, 1.807) is 42.5 Å². The molecule has 2 aromatic rings. The number of hydrogen-bond donors (Lipinski definition) is 1. The second-order valence-electron chi connectivity index (χ2n) is 8.82. The lowest BCUT2D eigenvalue weighted by Crippen LogP contribution is -2.49. The van der Waals surface area contributed by atoms with Crippen LogP contribution < -0.4 is 14.4 Å². The highest BCUT2D eigenvalue weighted by atomic mass is 35.5. The van der Waals surface area contributed by atoms with Crippen LogP contribution in [0.25, 0.3) is 0 Å². The van der Waals surface area contributed by atoms with Crippen LogP contribution in [0, 0.1) is 0 Å². The van der Waals surface area contributed by atoms with Crippen molar-refractivity contribution >= 4 is 50.7 Å². The van der Waals surface area contributed by atoms with Gasteiger partial charge in [0.2, 0.25) is 21.8 Å². The number of rotatable bonds is 15. The van der Waals surface area contributed by atoms with Gasteiger partial charge in [0.25, 0.3) is 0 Å². The number of anilines is 1. The van der Waals surface area contributed by atoms with E-state index >= 15 is 0 Å². The summed E-state index contributed by atoms with van der Waals surface area (Å²) in [6.07, 6.45) is 2.60. The predicted molar refractivity (Wildman–Crippen MR) is 153 cm³/mol. The van der Waals surface area contributed by atoms with Gasteiger partial charge in [-0.15, -0.1) is 0 Å². The Kier molecular flexibility index (Phi) is 12.7. The Labute approximate surface area is 236 Å². The van der Waals surface area contributed by atoms with Crippen molar-refractivity contribution < 1.29 is 22.7 Å². The minimum atomic E-state index is -3.64. The Balaban J connectivity index is 2.26. The first-order valence-corrected chi connectivity index (χ1v) is 15.3. The van der Waals surface area contributed by atoms with E-state index in [9.17, 15) is 18.0 Å². The van der Waals surface area contributed by atoms with Crippen LogP contribution in [0.3, 0.4) is 0 Å². The Hall–Kier alpha value is -2.49. The molecule has 1 N–H and O–H groups in total. The third-order valence-corrected chi connectivity index (χ3v) is 7.78. The third kappa shape index (κ3) is 9.06. The number of nitrogens with zero attached hydrogens (tertiary/aromatic N) is 2. The van der Waals surface area contributed by atoms with Crippen LogP contribution in [0.4, 0.5) is 5.69 Å². The van der Waals surface area contributed by atoms with Crippen molar-refractivity contribution in [3.63, 3.8) is 0 Å². The van der Waals surface area contributed by atoms with Crippen molar-refractivity contribution in [1.29, 1.82) is 0 Å². The van der Waals surface area contributed by atoms with Gasteiger partial charge in [0.1, 0.15) is 11.8 Å². The van der Waals surface area contributed by atoms with Gasteiger partial charge in [0.15, 0.2) is 0 Å². The molecule has 1 atom stereocenters. The molecule has 0 spiro atoms. The van der Waals surface area contributed by atoms with E-state index in [2.05, 4.69) is 5.32 Å². The van der Waals surface area contributed by atoms with Crippen LogP contribution in [0.5, 0.6) is 5.75 Å². The molecule has 0 radical (unpaired) electrons. The van der Waals surface area contributed by atoms with Crippen LogP contribution >= 0.6 is 23.2 Å². The van der Waals surface area contributed by atoms with Crippen LogP contribution in [0.2, 0.25) is 10.0 Å². The zero-order valence-corrected chi connectivity index (χ0v) is 24.7. The number of carbonyl (C=O) groups is 2. The Morgan fingerprint density at radius 2 is 1.76 bits per heavy atom. The summed E-state index contributed by atoms with van der Waals surface area (Å²) < 4.78 is 32.2.